The van der Waals surface area contributed by atoms with Gasteiger partial charge in [-0.3, -0.25) is 19.2 Å². The molecule has 0 spiro atoms. The second-order valence-corrected chi connectivity index (χ2v) is 8.93. The summed E-state index contributed by atoms with van der Waals surface area (Å²) in [5, 5.41) is 35.0. The monoisotopic (exact) mass is 496 g/mol. The maximum absolute atomic E-state index is 12.6. The summed E-state index contributed by atoms with van der Waals surface area (Å²) in [6.07, 6.45) is 1.80. The van der Waals surface area contributed by atoms with Crippen molar-refractivity contribution < 1.29 is 39.3 Å². The van der Waals surface area contributed by atoms with Crippen LogP contribution in [0.1, 0.15) is 26.2 Å². The van der Waals surface area contributed by atoms with E-state index in [0.29, 0.717) is 17.9 Å². The normalized spacial score (nSPS) is 15.5. The number of rotatable bonds is 16. The predicted molar refractivity (Wildman–Crippen MR) is 121 cm³/mol. The van der Waals surface area contributed by atoms with Gasteiger partial charge in [-0.1, -0.05) is 0 Å². The number of carboxylic acid groups (broad SMARTS) is 2. The molecule has 0 bridgehead atoms. The molecule has 184 valence electrons. The van der Waals surface area contributed by atoms with Crippen LogP contribution in [0.2, 0.25) is 0 Å². The van der Waals surface area contributed by atoms with Crippen LogP contribution in [0.3, 0.4) is 0 Å². The van der Waals surface area contributed by atoms with Gasteiger partial charge >= 0.3 is 11.9 Å². The van der Waals surface area contributed by atoms with E-state index in [-0.39, 0.29) is 6.42 Å². The lowest BCUT2D eigenvalue weighted by Crippen LogP contribution is -2.60. The Morgan fingerprint density at radius 2 is 1.38 bits per heavy atom. The summed E-state index contributed by atoms with van der Waals surface area (Å²) in [4.78, 5) is 59.8. The summed E-state index contributed by atoms with van der Waals surface area (Å²) in [7, 11) is 0. The highest BCUT2D eigenvalue weighted by atomic mass is 32.2. The van der Waals surface area contributed by atoms with Gasteiger partial charge in [0.1, 0.15) is 18.1 Å². The molecule has 0 rings (SSSR count). The largest absolute Gasteiger partial charge is 0.481 e. The Balaban J connectivity index is 5.35. The quantitative estimate of drug-likeness (QED) is 0.127. The zero-order valence-electron chi connectivity index (χ0n) is 18.2. The second kappa shape index (κ2) is 15.7. The van der Waals surface area contributed by atoms with Crippen molar-refractivity contribution in [3.63, 3.8) is 0 Å². The van der Waals surface area contributed by atoms with Gasteiger partial charge in [0.05, 0.1) is 18.6 Å². The van der Waals surface area contributed by atoms with Crippen LogP contribution in [0.15, 0.2) is 0 Å². The standard InChI is InChI=1S/C18H32N4O8S2/c1-9(23)14(17(28)20-11(18(29)30)5-7-32-3)22-16(27)12(8-13(24)25)21-15(26)10(19)4-6-31-2/h9-12,14,23H,4-8,19H2,1-3H3,(H,20,28)(H,21,26)(H,22,27)(H,24,25)(H,29,30). The van der Waals surface area contributed by atoms with E-state index in [0.717, 1.165) is 0 Å². The van der Waals surface area contributed by atoms with Crippen molar-refractivity contribution in [1.82, 2.24) is 16.0 Å². The van der Waals surface area contributed by atoms with Crippen molar-refractivity contribution >= 4 is 53.2 Å². The number of nitrogens with two attached hydrogens (primary N) is 1. The number of carboxylic acids is 2. The molecule has 5 atom stereocenters. The number of amides is 3. The highest BCUT2D eigenvalue weighted by Crippen LogP contribution is 2.05. The maximum atomic E-state index is 12.6. The minimum absolute atomic E-state index is 0.119. The predicted octanol–water partition coefficient (Wildman–Crippen LogP) is -1.79. The number of aliphatic hydroxyl groups excluding tert-OH is 1. The summed E-state index contributed by atoms with van der Waals surface area (Å²) >= 11 is 2.84. The highest BCUT2D eigenvalue weighted by molar-refractivity contribution is 7.98. The molecular formula is C18H32N4O8S2. The molecule has 0 aromatic heterocycles. The van der Waals surface area contributed by atoms with Gasteiger partial charge in [-0.25, -0.2) is 4.79 Å². The van der Waals surface area contributed by atoms with Crippen LogP contribution < -0.4 is 21.7 Å². The molecule has 0 saturated heterocycles. The van der Waals surface area contributed by atoms with E-state index in [2.05, 4.69) is 16.0 Å². The van der Waals surface area contributed by atoms with E-state index in [4.69, 9.17) is 10.8 Å². The van der Waals surface area contributed by atoms with E-state index < -0.39 is 66.4 Å². The number of hydrogen-bond donors (Lipinski definition) is 7. The van der Waals surface area contributed by atoms with Crippen LogP contribution in [-0.4, -0.2) is 99.3 Å². The smallest absolute Gasteiger partial charge is 0.326 e. The molecule has 0 saturated carbocycles. The number of aliphatic carboxylic acids is 2. The molecule has 0 fully saturated rings. The Bertz CT molecular complexity index is 665. The third-order valence-electron chi connectivity index (χ3n) is 4.27. The number of carbonyl (C=O) groups is 5. The van der Waals surface area contributed by atoms with Gasteiger partial charge in [-0.2, -0.15) is 23.5 Å². The van der Waals surface area contributed by atoms with Crippen molar-refractivity contribution in [2.75, 3.05) is 24.0 Å². The summed E-state index contributed by atoms with van der Waals surface area (Å²) in [6.45, 7) is 1.20. The Morgan fingerprint density at radius 3 is 1.84 bits per heavy atom. The molecule has 0 aliphatic carbocycles. The molecular weight excluding hydrogens is 464 g/mol. The van der Waals surface area contributed by atoms with Crippen LogP contribution in [-0.2, 0) is 24.0 Å². The molecule has 0 aromatic carbocycles. The van der Waals surface area contributed by atoms with Crippen LogP contribution in [0.25, 0.3) is 0 Å². The third kappa shape index (κ3) is 11.5. The van der Waals surface area contributed by atoms with Crippen molar-refractivity contribution in [2.45, 2.75) is 56.5 Å². The minimum Gasteiger partial charge on any atom is -0.481 e. The fraction of sp³-hybridized carbons (Fsp3) is 0.722. The van der Waals surface area contributed by atoms with E-state index in [1.807, 2.05) is 6.26 Å². The zero-order chi connectivity index (χ0) is 24.8. The molecule has 3 amide bonds. The van der Waals surface area contributed by atoms with Crippen molar-refractivity contribution in [3.8, 4) is 0 Å². The Kier molecular flexibility index (Phi) is 14.7. The molecule has 0 heterocycles. The lowest BCUT2D eigenvalue weighted by Gasteiger charge is -2.26. The SMILES string of the molecule is CSCCC(N)C(=O)NC(CC(=O)O)C(=O)NC(C(=O)NC(CCSC)C(=O)O)C(C)O. The third-order valence-corrected chi connectivity index (χ3v) is 5.56. The molecule has 0 aromatic rings. The molecule has 8 N–H and O–H groups in total. The van der Waals surface area contributed by atoms with E-state index >= 15 is 0 Å². The van der Waals surface area contributed by atoms with Gasteiger partial charge < -0.3 is 37.0 Å². The number of hydrogen-bond acceptors (Lipinski definition) is 9. The maximum Gasteiger partial charge on any atom is 0.326 e. The first-order valence-electron chi connectivity index (χ1n) is 9.71. The Labute approximate surface area is 194 Å². The lowest BCUT2D eigenvalue weighted by atomic mass is 10.1. The molecule has 32 heavy (non-hydrogen) atoms. The van der Waals surface area contributed by atoms with E-state index in [1.165, 1.54) is 30.4 Å². The first-order valence-corrected chi connectivity index (χ1v) is 12.5. The van der Waals surface area contributed by atoms with E-state index in [9.17, 15) is 34.2 Å². The fourth-order valence-electron chi connectivity index (χ4n) is 2.45. The van der Waals surface area contributed by atoms with Crippen molar-refractivity contribution in [3.05, 3.63) is 0 Å². The summed E-state index contributed by atoms with van der Waals surface area (Å²) in [5.74, 6) is -4.36. The molecule has 12 nitrogen and oxygen atoms in total. The molecule has 5 unspecified atom stereocenters. The van der Waals surface area contributed by atoms with Gasteiger partial charge in [0.15, 0.2) is 0 Å². The van der Waals surface area contributed by atoms with Crippen molar-refractivity contribution in [1.29, 1.82) is 0 Å². The molecule has 0 aliphatic heterocycles. The van der Waals surface area contributed by atoms with Crippen LogP contribution >= 0.6 is 23.5 Å². The minimum atomic E-state index is -1.57. The van der Waals surface area contributed by atoms with Crippen LogP contribution in [0.5, 0.6) is 0 Å². The molecule has 0 radical (unpaired) electrons. The molecule has 14 heteroatoms. The number of aliphatic hydroxyl groups is 1. The average Bonchev–Trinajstić information content (AvgIpc) is 2.71. The van der Waals surface area contributed by atoms with Crippen LogP contribution in [0.4, 0.5) is 0 Å². The lowest BCUT2D eigenvalue weighted by molar-refractivity contribution is -0.144. The first kappa shape index (κ1) is 30.0. The number of nitrogens with one attached hydrogen (secondary N) is 3. The van der Waals surface area contributed by atoms with Gasteiger partial charge in [0.2, 0.25) is 17.7 Å². The molecule has 0 aliphatic rings. The number of carbonyl (C=O) groups excluding carboxylic acids is 3. The van der Waals surface area contributed by atoms with Gasteiger partial charge in [-0.05, 0) is 43.8 Å². The highest BCUT2D eigenvalue weighted by Gasteiger charge is 2.33. The Morgan fingerprint density at radius 1 is 0.844 bits per heavy atom. The fourth-order valence-corrected chi connectivity index (χ4v) is 3.41. The summed E-state index contributed by atoms with van der Waals surface area (Å²) < 4.78 is 0. The second-order valence-electron chi connectivity index (χ2n) is 6.95. The summed E-state index contributed by atoms with van der Waals surface area (Å²) in [5.41, 5.74) is 5.74. The van der Waals surface area contributed by atoms with Gasteiger partial charge in [0, 0.05) is 0 Å². The first-order chi connectivity index (χ1) is 14.9. The number of thioether (sulfide) groups is 2. The zero-order valence-corrected chi connectivity index (χ0v) is 19.8. The summed E-state index contributed by atoms with van der Waals surface area (Å²) in [6, 6.07) is -5.33. The van der Waals surface area contributed by atoms with Crippen molar-refractivity contribution in [2.24, 2.45) is 5.73 Å². The van der Waals surface area contributed by atoms with Gasteiger partial charge in [-0.15, -0.1) is 0 Å². The van der Waals surface area contributed by atoms with Crippen LogP contribution in [0, 0.1) is 0 Å². The average molecular weight is 497 g/mol. The van der Waals surface area contributed by atoms with Gasteiger partial charge in [0.25, 0.3) is 0 Å². The topological polar surface area (TPSA) is 208 Å². The van der Waals surface area contributed by atoms with E-state index in [1.54, 1.807) is 6.26 Å². The Hall–Kier alpha value is -2.03.